The van der Waals surface area contributed by atoms with Gasteiger partial charge in [0.05, 0.1) is 0 Å². The smallest absolute Gasteiger partial charge is 0.00369 e. The molecule has 0 spiro atoms. The Labute approximate surface area is 57.0 Å². The predicted octanol–water partition coefficient (Wildman–Crippen LogP) is 0.352. The molecule has 0 saturated heterocycles. The highest BCUT2D eigenvalue weighted by molar-refractivity contribution is 5.85. The molecule has 0 aromatic carbocycles. The van der Waals surface area contributed by atoms with Crippen LogP contribution in [0.15, 0.2) is 0 Å². The van der Waals surface area contributed by atoms with Gasteiger partial charge in [-0.15, -0.1) is 12.4 Å². The summed E-state index contributed by atoms with van der Waals surface area (Å²) in [7, 11) is 0. The summed E-state index contributed by atoms with van der Waals surface area (Å²) in [6.07, 6.45) is 1.10. The summed E-state index contributed by atoms with van der Waals surface area (Å²) in [5, 5.41) is 0. The molecule has 0 amide bonds. The van der Waals surface area contributed by atoms with E-state index in [1.54, 1.807) is 0 Å². The molecule has 0 saturated carbocycles. The van der Waals surface area contributed by atoms with Crippen LogP contribution in [0.5, 0.6) is 0 Å². The molecule has 0 aromatic rings. The van der Waals surface area contributed by atoms with E-state index in [-0.39, 0.29) is 12.4 Å². The predicted molar refractivity (Wildman–Crippen MR) is 39.1 cm³/mol. The molecule has 2 nitrogen and oxygen atoms in total. The van der Waals surface area contributed by atoms with Gasteiger partial charge in [-0.3, -0.25) is 0 Å². The minimum absolute atomic E-state index is 0. The van der Waals surface area contributed by atoms with Crippen LogP contribution in [-0.4, -0.2) is 13.1 Å². The minimum Gasteiger partial charge on any atom is -0.330 e. The maximum atomic E-state index is 5.31. The molecule has 0 atom stereocenters. The van der Waals surface area contributed by atoms with Crippen molar-refractivity contribution in [3.05, 3.63) is 0 Å². The molecule has 0 bridgehead atoms. The standard InChI is InChI=1S/C5H14N2.ClH/c1-2-5(3-6)4-7;/h5H,2-4,6-7H2,1H3;1H. The summed E-state index contributed by atoms with van der Waals surface area (Å²) in [6, 6.07) is 0. The van der Waals surface area contributed by atoms with E-state index in [1.165, 1.54) is 0 Å². The van der Waals surface area contributed by atoms with Crippen molar-refractivity contribution >= 4 is 12.4 Å². The monoisotopic (exact) mass is 138 g/mol. The number of halogens is 1. The third kappa shape index (κ3) is 4.37. The van der Waals surface area contributed by atoms with E-state index < -0.39 is 0 Å². The van der Waals surface area contributed by atoms with Crippen molar-refractivity contribution < 1.29 is 0 Å². The van der Waals surface area contributed by atoms with E-state index in [0.29, 0.717) is 5.92 Å². The van der Waals surface area contributed by atoms with Gasteiger partial charge >= 0.3 is 0 Å². The van der Waals surface area contributed by atoms with Gasteiger partial charge in [-0.1, -0.05) is 13.3 Å². The van der Waals surface area contributed by atoms with Gasteiger partial charge in [0, 0.05) is 0 Å². The fraction of sp³-hybridized carbons (Fsp3) is 1.00. The minimum atomic E-state index is 0. The lowest BCUT2D eigenvalue weighted by Crippen LogP contribution is -2.21. The fourth-order valence-corrected chi connectivity index (χ4v) is 0.430. The SMILES string of the molecule is CCC(CN)CN.Cl. The summed E-state index contributed by atoms with van der Waals surface area (Å²) >= 11 is 0. The molecule has 4 N–H and O–H groups in total. The lowest BCUT2D eigenvalue weighted by atomic mass is 10.1. The van der Waals surface area contributed by atoms with Crippen LogP contribution in [0.1, 0.15) is 13.3 Å². The van der Waals surface area contributed by atoms with Gasteiger partial charge in [0.2, 0.25) is 0 Å². The maximum Gasteiger partial charge on any atom is -0.00369 e. The average molecular weight is 139 g/mol. The molecule has 0 rings (SSSR count). The first-order chi connectivity index (χ1) is 3.35. The Hall–Kier alpha value is 0.210. The molecule has 0 fully saturated rings. The molecule has 0 heterocycles. The molecule has 0 aliphatic rings. The van der Waals surface area contributed by atoms with Crippen molar-refractivity contribution in [2.75, 3.05) is 13.1 Å². The lowest BCUT2D eigenvalue weighted by Gasteiger charge is -2.05. The lowest BCUT2D eigenvalue weighted by molar-refractivity contribution is 0.533. The van der Waals surface area contributed by atoms with Gasteiger partial charge < -0.3 is 11.5 Å². The van der Waals surface area contributed by atoms with Gasteiger partial charge in [0.15, 0.2) is 0 Å². The second kappa shape index (κ2) is 7.21. The average Bonchev–Trinajstić information content (AvgIpc) is 1.72. The Bertz CT molecular complexity index is 31.9. The second-order valence-electron chi connectivity index (χ2n) is 1.75. The van der Waals surface area contributed by atoms with E-state index in [1.807, 2.05) is 0 Å². The molecular weight excluding hydrogens is 124 g/mol. The van der Waals surface area contributed by atoms with Gasteiger partial charge in [-0.25, -0.2) is 0 Å². The molecule has 3 heteroatoms. The number of hydrogen-bond donors (Lipinski definition) is 2. The maximum absolute atomic E-state index is 5.31. The van der Waals surface area contributed by atoms with Crippen molar-refractivity contribution in [3.63, 3.8) is 0 Å². The van der Waals surface area contributed by atoms with Crippen molar-refractivity contribution in [2.24, 2.45) is 17.4 Å². The second-order valence-corrected chi connectivity index (χ2v) is 1.75. The van der Waals surface area contributed by atoms with Crippen molar-refractivity contribution in [1.29, 1.82) is 0 Å². The van der Waals surface area contributed by atoms with E-state index in [9.17, 15) is 0 Å². The van der Waals surface area contributed by atoms with Crippen molar-refractivity contribution in [1.82, 2.24) is 0 Å². The van der Waals surface area contributed by atoms with Crippen LogP contribution in [0.3, 0.4) is 0 Å². The van der Waals surface area contributed by atoms with Crippen LogP contribution in [0.2, 0.25) is 0 Å². The molecule has 0 unspecified atom stereocenters. The Morgan fingerprint density at radius 1 is 1.25 bits per heavy atom. The van der Waals surface area contributed by atoms with Crippen molar-refractivity contribution in [2.45, 2.75) is 13.3 Å². The zero-order chi connectivity index (χ0) is 5.70. The number of hydrogen-bond acceptors (Lipinski definition) is 2. The van der Waals surface area contributed by atoms with Gasteiger partial charge in [0.25, 0.3) is 0 Å². The van der Waals surface area contributed by atoms with Crippen LogP contribution >= 0.6 is 12.4 Å². The number of nitrogens with two attached hydrogens (primary N) is 2. The van der Waals surface area contributed by atoms with Crippen LogP contribution in [0.4, 0.5) is 0 Å². The molecule has 0 aromatic heterocycles. The largest absolute Gasteiger partial charge is 0.330 e. The topological polar surface area (TPSA) is 52.0 Å². The number of rotatable bonds is 3. The van der Waals surface area contributed by atoms with Gasteiger partial charge in [-0.2, -0.15) is 0 Å². The molecule has 0 aliphatic heterocycles. The van der Waals surface area contributed by atoms with Crippen LogP contribution in [0, 0.1) is 5.92 Å². The molecule has 0 radical (unpaired) electrons. The normalized spacial score (nSPS) is 9.00. The first-order valence-corrected chi connectivity index (χ1v) is 2.75. The zero-order valence-corrected chi connectivity index (χ0v) is 6.08. The Morgan fingerprint density at radius 2 is 1.62 bits per heavy atom. The Balaban J connectivity index is 0. The Kier molecular flexibility index (Phi) is 9.97. The third-order valence-electron chi connectivity index (χ3n) is 1.24. The van der Waals surface area contributed by atoms with E-state index in [4.69, 9.17) is 11.5 Å². The highest BCUT2D eigenvalue weighted by Gasteiger charge is 1.96. The van der Waals surface area contributed by atoms with E-state index in [0.717, 1.165) is 19.5 Å². The first-order valence-electron chi connectivity index (χ1n) is 2.75. The highest BCUT2D eigenvalue weighted by atomic mass is 35.5. The Morgan fingerprint density at radius 3 is 1.62 bits per heavy atom. The zero-order valence-electron chi connectivity index (χ0n) is 5.26. The fourth-order valence-electron chi connectivity index (χ4n) is 0.430. The summed E-state index contributed by atoms with van der Waals surface area (Å²) in [6.45, 7) is 3.56. The quantitative estimate of drug-likeness (QED) is 0.592. The van der Waals surface area contributed by atoms with Crippen LogP contribution < -0.4 is 11.5 Å². The van der Waals surface area contributed by atoms with E-state index >= 15 is 0 Å². The summed E-state index contributed by atoms with van der Waals surface area (Å²) in [4.78, 5) is 0. The third-order valence-corrected chi connectivity index (χ3v) is 1.24. The van der Waals surface area contributed by atoms with Crippen molar-refractivity contribution in [3.8, 4) is 0 Å². The summed E-state index contributed by atoms with van der Waals surface area (Å²) in [5.74, 6) is 0.542. The summed E-state index contributed by atoms with van der Waals surface area (Å²) in [5.41, 5.74) is 10.6. The molecule has 0 aliphatic carbocycles. The summed E-state index contributed by atoms with van der Waals surface area (Å²) < 4.78 is 0. The highest BCUT2D eigenvalue weighted by Crippen LogP contribution is 1.93. The van der Waals surface area contributed by atoms with Gasteiger partial charge in [-0.05, 0) is 19.0 Å². The first kappa shape index (κ1) is 11.1. The van der Waals surface area contributed by atoms with E-state index in [2.05, 4.69) is 6.92 Å². The van der Waals surface area contributed by atoms with Gasteiger partial charge in [0.1, 0.15) is 0 Å². The molecule has 52 valence electrons. The molecular formula is C5H15ClN2. The van der Waals surface area contributed by atoms with Crippen LogP contribution in [0.25, 0.3) is 0 Å². The van der Waals surface area contributed by atoms with Crippen LogP contribution in [-0.2, 0) is 0 Å². The molecule has 8 heavy (non-hydrogen) atoms.